The van der Waals surface area contributed by atoms with Crippen molar-refractivity contribution in [1.82, 2.24) is 0 Å². The van der Waals surface area contributed by atoms with E-state index in [4.69, 9.17) is 4.74 Å². The van der Waals surface area contributed by atoms with E-state index >= 15 is 0 Å². The van der Waals surface area contributed by atoms with Gasteiger partial charge in [-0.05, 0) is 42.9 Å². The van der Waals surface area contributed by atoms with E-state index in [1.54, 1.807) is 0 Å². The van der Waals surface area contributed by atoms with Crippen LogP contribution in [0.1, 0.15) is 51.0 Å². The molecule has 1 aliphatic rings. The molecule has 0 heterocycles. The monoisotopic (exact) mass is 276 g/mol. The molecule has 1 aromatic rings. The quantitative estimate of drug-likeness (QED) is 0.837. The van der Waals surface area contributed by atoms with Crippen molar-refractivity contribution < 1.29 is 9.84 Å². The van der Waals surface area contributed by atoms with Gasteiger partial charge in [-0.1, -0.05) is 44.7 Å². The number of hydrogen-bond donors (Lipinski definition) is 1. The molecule has 0 aliphatic heterocycles. The first-order chi connectivity index (χ1) is 9.70. The fraction of sp³-hybridized carbons (Fsp3) is 0.667. The van der Waals surface area contributed by atoms with Gasteiger partial charge in [0.1, 0.15) is 5.75 Å². The summed E-state index contributed by atoms with van der Waals surface area (Å²) in [7, 11) is 0. The summed E-state index contributed by atoms with van der Waals surface area (Å²) < 4.78 is 5.76. The molecule has 1 aromatic carbocycles. The average Bonchev–Trinajstić information content (AvgIpc) is 2.47. The second-order valence-corrected chi connectivity index (χ2v) is 6.14. The lowest BCUT2D eigenvalue weighted by Gasteiger charge is -2.34. The first kappa shape index (κ1) is 15.4. The molecule has 3 unspecified atom stereocenters. The largest absolute Gasteiger partial charge is 0.493 e. The van der Waals surface area contributed by atoms with Crippen molar-refractivity contribution >= 4 is 0 Å². The third-order valence-corrected chi connectivity index (χ3v) is 4.66. The smallest absolute Gasteiger partial charge is 0.119 e. The number of aryl methyl sites for hydroxylation is 1. The molecule has 112 valence electrons. The lowest BCUT2D eigenvalue weighted by atomic mass is 9.74. The number of rotatable bonds is 6. The predicted octanol–water partition coefficient (Wildman–Crippen LogP) is 4.34. The van der Waals surface area contributed by atoms with Gasteiger partial charge < -0.3 is 9.84 Å². The SMILES string of the molecule is CCC1CCCCC1C(O)CCOc1cccc(C)c1. The van der Waals surface area contributed by atoms with E-state index in [2.05, 4.69) is 19.9 Å². The summed E-state index contributed by atoms with van der Waals surface area (Å²) >= 11 is 0. The van der Waals surface area contributed by atoms with Gasteiger partial charge in [-0.25, -0.2) is 0 Å². The molecular weight excluding hydrogens is 248 g/mol. The van der Waals surface area contributed by atoms with E-state index in [1.165, 1.54) is 37.7 Å². The highest BCUT2D eigenvalue weighted by Crippen LogP contribution is 2.35. The number of benzene rings is 1. The molecule has 0 spiro atoms. The first-order valence-corrected chi connectivity index (χ1v) is 8.08. The molecule has 0 bridgehead atoms. The van der Waals surface area contributed by atoms with Gasteiger partial charge in [-0.3, -0.25) is 0 Å². The molecule has 20 heavy (non-hydrogen) atoms. The number of aliphatic hydroxyl groups excluding tert-OH is 1. The highest BCUT2D eigenvalue weighted by Gasteiger charge is 2.29. The Morgan fingerprint density at radius 2 is 2.10 bits per heavy atom. The maximum absolute atomic E-state index is 10.4. The van der Waals surface area contributed by atoms with Gasteiger partial charge in [0.25, 0.3) is 0 Å². The molecule has 1 aliphatic carbocycles. The fourth-order valence-corrected chi connectivity index (χ4v) is 3.47. The maximum atomic E-state index is 10.4. The number of aliphatic hydroxyl groups is 1. The van der Waals surface area contributed by atoms with Gasteiger partial charge in [-0.2, -0.15) is 0 Å². The zero-order valence-corrected chi connectivity index (χ0v) is 12.8. The van der Waals surface area contributed by atoms with Crippen molar-refractivity contribution in [3.05, 3.63) is 29.8 Å². The average molecular weight is 276 g/mol. The summed E-state index contributed by atoms with van der Waals surface area (Å²) in [6.07, 6.45) is 6.82. The van der Waals surface area contributed by atoms with E-state index in [0.717, 1.165) is 12.2 Å². The van der Waals surface area contributed by atoms with Gasteiger partial charge in [0.05, 0.1) is 12.7 Å². The summed E-state index contributed by atoms with van der Waals surface area (Å²) in [4.78, 5) is 0. The van der Waals surface area contributed by atoms with Crippen molar-refractivity contribution in [2.45, 2.75) is 58.5 Å². The van der Waals surface area contributed by atoms with Crippen LogP contribution in [0.5, 0.6) is 5.75 Å². The Balaban J connectivity index is 1.78. The minimum atomic E-state index is -0.204. The van der Waals surface area contributed by atoms with Gasteiger partial charge in [0, 0.05) is 6.42 Å². The Hall–Kier alpha value is -1.02. The second kappa shape index (κ2) is 7.68. The third-order valence-electron chi connectivity index (χ3n) is 4.66. The van der Waals surface area contributed by atoms with Crippen molar-refractivity contribution in [1.29, 1.82) is 0 Å². The summed E-state index contributed by atoms with van der Waals surface area (Å²) in [5.74, 6) is 2.10. The van der Waals surface area contributed by atoms with E-state index in [1.807, 2.05) is 18.2 Å². The van der Waals surface area contributed by atoms with Crippen LogP contribution in [0.25, 0.3) is 0 Å². The van der Waals surface area contributed by atoms with Gasteiger partial charge in [0.15, 0.2) is 0 Å². The van der Waals surface area contributed by atoms with Crippen LogP contribution >= 0.6 is 0 Å². The topological polar surface area (TPSA) is 29.5 Å². The van der Waals surface area contributed by atoms with Crippen LogP contribution in [-0.4, -0.2) is 17.8 Å². The minimum Gasteiger partial charge on any atom is -0.493 e. The molecule has 0 radical (unpaired) electrons. The highest BCUT2D eigenvalue weighted by molar-refractivity contribution is 5.27. The van der Waals surface area contributed by atoms with E-state index in [-0.39, 0.29) is 6.10 Å². The molecule has 2 nitrogen and oxygen atoms in total. The molecule has 2 rings (SSSR count). The summed E-state index contributed by atoms with van der Waals surface area (Å²) in [5, 5.41) is 10.4. The molecule has 0 aromatic heterocycles. The van der Waals surface area contributed by atoms with E-state index < -0.39 is 0 Å². The van der Waals surface area contributed by atoms with Gasteiger partial charge in [0.2, 0.25) is 0 Å². The Kier molecular flexibility index (Phi) is 5.90. The van der Waals surface area contributed by atoms with Crippen molar-refractivity contribution in [2.24, 2.45) is 11.8 Å². The standard InChI is InChI=1S/C18H28O2/c1-3-15-8-4-5-10-17(15)18(19)11-12-20-16-9-6-7-14(2)13-16/h6-7,9,13,15,17-19H,3-5,8,10-12H2,1-2H3. The molecule has 1 fully saturated rings. The molecule has 1 saturated carbocycles. The zero-order chi connectivity index (χ0) is 14.4. The maximum Gasteiger partial charge on any atom is 0.119 e. The fourth-order valence-electron chi connectivity index (χ4n) is 3.47. The Morgan fingerprint density at radius 1 is 1.30 bits per heavy atom. The van der Waals surface area contributed by atoms with Crippen LogP contribution in [0.2, 0.25) is 0 Å². The van der Waals surface area contributed by atoms with E-state index in [0.29, 0.717) is 18.4 Å². The number of ether oxygens (including phenoxy) is 1. The molecular formula is C18H28O2. The molecule has 0 amide bonds. The van der Waals surface area contributed by atoms with E-state index in [9.17, 15) is 5.11 Å². The third kappa shape index (κ3) is 4.24. The van der Waals surface area contributed by atoms with Crippen molar-refractivity contribution in [3.63, 3.8) is 0 Å². The molecule has 3 atom stereocenters. The van der Waals surface area contributed by atoms with Gasteiger partial charge in [-0.15, -0.1) is 0 Å². The lowest BCUT2D eigenvalue weighted by molar-refractivity contribution is 0.0308. The Bertz CT molecular complexity index is 402. The lowest BCUT2D eigenvalue weighted by Crippen LogP contribution is -2.31. The molecule has 0 saturated heterocycles. The first-order valence-electron chi connectivity index (χ1n) is 8.08. The summed E-state index contributed by atoms with van der Waals surface area (Å²) in [6.45, 7) is 4.92. The Labute approximate surface area is 123 Å². The van der Waals surface area contributed by atoms with Crippen molar-refractivity contribution in [3.8, 4) is 5.75 Å². The zero-order valence-electron chi connectivity index (χ0n) is 12.8. The summed E-state index contributed by atoms with van der Waals surface area (Å²) in [6, 6.07) is 8.10. The van der Waals surface area contributed by atoms with Crippen molar-refractivity contribution in [2.75, 3.05) is 6.61 Å². The highest BCUT2D eigenvalue weighted by atomic mass is 16.5. The normalized spacial score (nSPS) is 24.4. The Morgan fingerprint density at radius 3 is 2.85 bits per heavy atom. The van der Waals surface area contributed by atoms with Crippen LogP contribution < -0.4 is 4.74 Å². The van der Waals surface area contributed by atoms with Crippen LogP contribution in [0.4, 0.5) is 0 Å². The second-order valence-electron chi connectivity index (χ2n) is 6.14. The van der Waals surface area contributed by atoms with Crippen LogP contribution in [0, 0.1) is 18.8 Å². The van der Waals surface area contributed by atoms with Gasteiger partial charge >= 0.3 is 0 Å². The predicted molar refractivity (Wildman–Crippen MR) is 83.0 cm³/mol. The number of hydrogen-bond acceptors (Lipinski definition) is 2. The minimum absolute atomic E-state index is 0.204. The molecule has 1 N–H and O–H groups in total. The van der Waals surface area contributed by atoms with Crippen LogP contribution in [-0.2, 0) is 0 Å². The molecule has 2 heteroatoms. The van der Waals surface area contributed by atoms with Crippen LogP contribution in [0.15, 0.2) is 24.3 Å². The summed E-state index contributed by atoms with van der Waals surface area (Å²) in [5.41, 5.74) is 1.21. The van der Waals surface area contributed by atoms with Crippen LogP contribution in [0.3, 0.4) is 0 Å².